The van der Waals surface area contributed by atoms with Crippen LogP contribution in [-0.4, -0.2) is 9.49 Å². The molecule has 0 fully saturated rings. The summed E-state index contributed by atoms with van der Waals surface area (Å²) in [6.07, 6.45) is 1.67. The van der Waals surface area contributed by atoms with Crippen LogP contribution in [-0.2, 0) is 7.05 Å². The second-order valence-electron chi connectivity index (χ2n) is 4.37. The van der Waals surface area contributed by atoms with Crippen LogP contribution >= 0.6 is 0 Å². The molecule has 0 saturated heterocycles. The van der Waals surface area contributed by atoms with Gasteiger partial charge < -0.3 is 4.57 Å². The lowest BCUT2D eigenvalue weighted by Gasteiger charge is -2.02. The van der Waals surface area contributed by atoms with Crippen molar-refractivity contribution in [3.8, 4) is 0 Å². The molecule has 4 heteroatoms. The van der Waals surface area contributed by atoms with E-state index < -0.39 is 0 Å². The average Bonchev–Trinajstić information content (AvgIpc) is 2.41. The third kappa shape index (κ3) is 2.32. The SMILES string of the molecule is Cc1cc(/C=C(/C(C)C)[N+](=O)[O-])c(C)n1C. The van der Waals surface area contributed by atoms with Crippen molar-refractivity contribution in [3.63, 3.8) is 0 Å². The highest BCUT2D eigenvalue weighted by Crippen LogP contribution is 2.20. The molecule has 88 valence electrons. The van der Waals surface area contributed by atoms with Gasteiger partial charge in [0.05, 0.1) is 4.92 Å². The summed E-state index contributed by atoms with van der Waals surface area (Å²) in [4.78, 5) is 10.6. The summed E-state index contributed by atoms with van der Waals surface area (Å²) in [6, 6.07) is 1.97. The van der Waals surface area contributed by atoms with Crippen molar-refractivity contribution in [2.45, 2.75) is 27.7 Å². The van der Waals surface area contributed by atoms with Crippen molar-refractivity contribution in [2.75, 3.05) is 0 Å². The maximum absolute atomic E-state index is 10.9. The first-order valence-electron chi connectivity index (χ1n) is 5.33. The van der Waals surface area contributed by atoms with Crippen LogP contribution in [0.25, 0.3) is 6.08 Å². The largest absolute Gasteiger partial charge is 0.352 e. The van der Waals surface area contributed by atoms with Gasteiger partial charge >= 0.3 is 0 Å². The molecule has 0 aromatic carbocycles. The molecular formula is C12H18N2O2. The van der Waals surface area contributed by atoms with Crippen molar-refractivity contribution in [1.82, 2.24) is 4.57 Å². The quantitative estimate of drug-likeness (QED) is 0.583. The summed E-state index contributed by atoms with van der Waals surface area (Å²) in [7, 11) is 1.96. The van der Waals surface area contributed by atoms with Crippen molar-refractivity contribution < 1.29 is 4.92 Å². The zero-order valence-electron chi connectivity index (χ0n) is 10.4. The predicted octanol–water partition coefficient (Wildman–Crippen LogP) is 2.92. The molecule has 1 aromatic rings. The zero-order valence-corrected chi connectivity index (χ0v) is 10.4. The molecule has 0 bridgehead atoms. The van der Waals surface area contributed by atoms with E-state index in [0.717, 1.165) is 17.0 Å². The van der Waals surface area contributed by atoms with Gasteiger partial charge in [0.15, 0.2) is 0 Å². The molecule has 0 saturated carbocycles. The van der Waals surface area contributed by atoms with E-state index in [4.69, 9.17) is 0 Å². The van der Waals surface area contributed by atoms with Gasteiger partial charge in [-0.15, -0.1) is 0 Å². The monoisotopic (exact) mass is 222 g/mol. The molecule has 0 unspecified atom stereocenters. The Balaban J connectivity index is 3.23. The van der Waals surface area contributed by atoms with E-state index >= 15 is 0 Å². The van der Waals surface area contributed by atoms with Gasteiger partial charge in [-0.05, 0) is 19.9 Å². The minimum atomic E-state index is -0.299. The molecular weight excluding hydrogens is 204 g/mol. The molecule has 0 radical (unpaired) electrons. The topological polar surface area (TPSA) is 48.1 Å². The van der Waals surface area contributed by atoms with Gasteiger partial charge in [0.25, 0.3) is 0 Å². The summed E-state index contributed by atoms with van der Waals surface area (Å²) >= 11 is 0. The van der Waals surface area contributed by atoms with Crippen LogP contribution < -0.4 is 0 Å². The first-order valence-corrected chi connectivity index (χ1v) is 5.33. The lowest BCUT2D eigenvalue weighted by Crippen LogP contribution is -2.05. The van der Waals surface area contributed by atoms with E-state index in [1.54, 1.807) is 6.08 Å². The Bertz CT molecular complexity index is 442. The van der Waals surface area contributed by atoms with Crippen molar-refractivity contribution in [1.29, 1.82) is 0 Å². The van der Waals surface area contributed by atoms with Crippen LogP contribution in [0.2, 0.25) is 0 Å². The van der Waals surface area contributed by atoms with Crippen LogP contribution in [0.3, 0.4) is 0 Å². The summed E-state index contributed by atoms with van der Waals surface area (Å²) in [5, 5.41) is 10.9. The van der Waals surface area contributed by atoms with Gasteiger partial charge in [-0.25, -0.2) is 0 Å². The van der Waals surface area contributed by atoms with Gasteiger partial charge in [0, 0.05) is 36.0 Å². The molecule has 0 aliphatic heterocycles. The van der Waals surface area contributed by atoms with Crippen LogP contribution in [0.5, 0.6) is 0 Å². The van der Waals surface area contributed by atoms with Crippen molar-refractivity contribution >= 4 is 6.08 Å². The normalized spacial score (nSPS) is 12.2. The molecule has 1 rings (SSSR count). The Labute approximate surface area is 95.7 Å². The third-order valence-electron chi connectivity index (χ3n) is 2.92. The highest BCUT2D eigenvalue weighted by atomic mass is 16.6. The Morgan fingerprint density at radius 2 is 2.06 bits per heavy atom. The minimum absolute atomic E-state index is 0.0742. The summed E-state index contributed by atoms with van der Waals surface area (Å²) in [5.41, 5.74) is 3.35. The molecule has 0 spiro atoms. The van der Waals surface area contributed by atoms with Gasteiger partial charge in [0.1, 0.15) is 0 Å². The Morgan fingerprint density at radius 1 is 1.50 bits per heavy atom. The summed E-state index contributed by atoms with van der Waals surface area (Å²) in [5.74, 6) is -0.0742. The predicted molar refractivity (Wildman–Crippen MR) is 64.7 cm³/mol. The lowest BCUT2D eigenvalue weighted by atomic mass is 10.1. The second-order valence-corrected chi connectivity index (χ2v) is 4.37. The van der Waals surface area contributed by atoms with E-state index in [9.17, 15) is 10.1 Å². The van der Waals surface area contributed by atoms with E-state index in [0.29, 0.717) is 0 Å². The maximum atomic E-state index is 10.9. The van der Waals surface area contributed by atoms with Crippen LogP contribution in [0.4, 0.5) is 0 Å². The van der Waals surface area contributed by atoms with E-state index in [2.05, 4.69) is 0 Å². The number of aromatic nitrogens is 1. The zero-order chi connectivity index (χ0) is 12.5. The molecule has 0 N–H and O–H groups in total. The fourth-order valence-corrected chi connectivity index (χ4v) is 1.62. The minimum Gasteiger partial charge on any atom is -0.352 e. The van der Waals surface area contributed by atoms with E-state index in [1.165, 1.54) is 0 Å². The fraction of sp³-hybridized carbons (Fsp3) is 0.500. The van der Waals surface area contributed by atoms with Gasteiger partial charge in [-0.2, -0.15) is 0 Å². The molecule has 16 heavy (non-hydrogen) atoms. The van der Waals surface area contributed by atoms with Crippen molar-refractivity contribution in [2.24, 2.45) is 13.0 Å². The number of hydrogen-bond donors (Lipinski definition) is 0. The standard InChI is InChI=1S/C12H18N2O2/c1-8(2)12(14(15)16)7-11-6-9(3)13(5)10(11)4/h6-8H,1-5H3/b12-7-. The smallest absolute Gasteiger partial charge is 0.249 e. The van der Waals surface area contributed by atoms with Gasteiger partial charge in [-0.1, -0.05) is 13.8 Å². The van der Waals surface area contributed by atoms with Gasteiger partial charge in [-0.3, -0.25) is 10.1 Å². The lowest BCUT2D eigenvalue weighted by molar-refractivity contribution is -0.431. The Hall–Kier alpha value is -1.58. The number of hydrogen-bond acceptors (Lipinski definition) is 2. The molecule has 0 aliphatic rings. The number of nitrogens with zero attached hydrogens (tertiary/aromatic N) is 2. The van der Waals surface area contributed by atoms with Crippen LogP contribution in [0.1, 0.15) is 30.8 Å². The summed E-state index contributed by atoms with van der Waals surface area (Å²) in [6.45, 7) is 7.63. The number of aryl methyl sites for hydroxylation is 1. The van der Waals surface area contributed by atoms with E-state index in [1.807, 2.05) is 45.4 Å². The molecule has 1 heterocycles. The Morgan fingerprint density at radius 3 is 2.38 bits per heavy atom. The molecule has 0 atom stereocenters. The highest BCUT2D eigenvalue weighted by Gasteiger charge is 2.17. The second kappa shape index (κ2) is 4.51. The molecule has 4 nitrogen and oxygen atoms in total. The number of nitro groups is 1. The van der Waals surface area contributed by atoms with E-state index in [-0.39, 0.29) is 16.5 Å². The molecule has 0 amide bonds. The van der Waals surface area contributed by atoms with Crippen LogP contribution in [0, 0.1) is 29.9 Å². The summed E-state index contributed by atoms with van der Waals surface area (Å²) < 4.78 is 2.03. The number of rotatable bonds is 3. The van der Waals surface area contributed by atoms with Crippen molar-refractivity contribution in [3.05, 3.63) is 38.8 Å². The maximum Gasteiger partial charge on any atom is 0.249 e. The van der Waals surface area contributed by atoms with Crippen LogP contribution in [0.15, 0.2) is 11.8 Å². The average molecular weight is 222 g/mol. The first kappa shape index (κ1) is 12.5. The highest BCUT2D eigenvalue weighted by molar-refractivity contribution is 5.55. The molecule has 1 aromatic heterocycles. The number of allylic oxidation sites excluding steroid dienone is 1. The first-order chi connectivity index (χ1) is 7.34. The Kier molecular flexibility index (Phi) is 3.52. The third-order valence-corrected chi connectivity index (χ3v) is 2.92. The van der Waals surface area contributed by atoms with Gasteiger partial charge in [0.2, 0.25) is 5.70 Å². The molecule has 0 aliphatic carbocycles. The fourth-order valence-electron chi connectivity index (χ4n) is 1.62.